The zero-order chi connectivity index (χ0) is 11.5. The molecule has 0 aromatic carbocycles. The summed E-state index contributed by atoms with van der Waals surface area (Å²) in [6.45, 7) is 5.82. The molecular formula is C12H25NOS. The van der Waals surface area contributed by atoms with Crippen LogP contribution in [-0.2, 0) is 0 Å². The maximum Gasteiger partial charge on any atom is 0.0741 e. The Morgan fingerprint density at radius 3 is 2.20 bits per heavy atom. The minimum absolute atomic E-state index is 0.174. The van der Waals surface area contributed by atoms with E-state index >= 15 is 0 Å². The van der Waals surface area contributed by atoms with Crippen LogP contribution in [0.3, 0.4) is 0 Å². The molecule has 3 heteroatoms. The largest absolute Gasteiger partial charge is 0.389 e. The third-order valence-electron chi connectivity index (χ3n) is 3.55. The van der Waals surface area contributed by atoms with Crippen molar-refractivity contribution in [1.82, 2.24) is 5.32 Å². The molecule has 0 spiro atoms. The van der Waals surface area contributed by atoms with Gasteiger partial charge in [-0.3, -0.25) is 0 Å². The van der Waals surface area contributed by atoms with Gasteiger partial charge in [-0.1, -0.05) is 0 Å². The van der Waals surface area contributed by atoms with Crippen molar-refractivity contribution in [3.8, 4) is 0 Å². The summed E-state index contributed by atoms with van der Waals surface area (Å²) in [5, 5.41) is 14.3. The van der Waals surface area contributed by atoms with Gasteiger partial charge >= 0.3 is 0 Å². The second kappa shape index (κ2) is 5.55. The lowest BCUT2D eigenvalue weighted by molar-refractivity contribution is 0.0378. The van der Waals surface area contributed by atoms with Gasteiger partial charge in [-0.05, 0) is 52.7 Å². The van der Waals surface area contributed by atoms with Crippen LogP contribution in [0.15, 0.2) is 0 Å². The Morgan fingerprint density at radius 2 is 1.80 bits per heavy atom. The van der Waals surface area contributed by atoms with E-state index in [1.165, 1.54) is 25.7 Å². The average Bonchev–Trinajstić information content (AvgIpc) is 2.17. The molecule has 0 amide bonds. The first kappa shape index (κ1) is 13.3. The second-order valence-corrected chi connectivity index (χ2v) is 6.39. The molecule has 0 aromatic heterocycles. The molecule has 2 N–H and O–H groups in total. The van der Waals surface area contributed by atoms with Gasteiger partial charge in [0.1, 0.15) is 0 Å². The highest BCUT2D eigenvalue weighted by Crippen LogP contribution is 2.27. The highest BCUT2D eigenvalue weighted by Gasteiger charge is 2.27. The maximum atomic E-state index is 9.85. The molecule has 2 nitrogen and oxygen atoms in total. The molecule has 0 heterocycles. The van der Waals surface area contributed by atoms with Gasteiger partial charge in [-0.15, -0.1) is 0 Å². The first-order chi connectivity index (χ1) is 6.93. The Hall–Kier alpha value is 0.270. The van der Waals surface area contributed by atoms with E-state index in [4.69, 9.17) is 0 Å². The molecule has 1 unspecified atom stereocenters. The number of hydrogen-bond donors (Lipinski definition) is 2. The molecule has 1 rings (SSSR count). The maximum absolute atomic E-state index is 9.85. The minimum Gasteiger partial charge on any atom is -0.389 e. The minimum atomic E-state index is -0.615. The van der Waals surface area contributed by atoms with E-state index in [9.17, 15) is 5.11 Å². The van der Waals surface area contributed by atoms with E-state index in [0.29, 0.717) is 6.04 Å². The molecule has 1 aliphatic carbocycles. The van der Waals surface area contributed by atoms with E-state index in [-0.39, 0.29) is 6.04 Å². The third-order valence-corrected chi connectivity index (χ3v) is 4.69. The number of rotatable bonds is 4. The van der Waals surface area contributed by atoms with Crippen molar-refractivity contribution in [2.45, 2.75) is 69.4 Å². The lowest BCUT2D eigenvalue weighted by atomic mass is 9.92. The molecule has 0 radical (unpaired) electrons. The average molecular weight is 231 g/mol. The number of aliphatic hydroxyl groups is 1. The number of hydrogen-bond acceptors (Lipinski definition) is 3. The summed E-state index contributed by atoms with van der Waals surface area (Å²) in [7, 11) is 0. The molecule has 0 aliphatic heterocycles. The highest BCUT2D eigenvalue weighted by atomic mass is 32.2. The first-order valence-corrected chi connectivity index (χ1v) is 7.23. The Morgan fingerprint density at radius 1 is 1.27 bits per heavy atom. The first-order valence-electron chi connectivity index (χ1n) is 5.94. The lowest BCUT2D eigenvalue weighted by Gasteiger charge is -2.34. The molecule has 1 aliphatic rings. The Balaban J connectivity index is 2.29. The summed E-state index contributed by atoms with van der Waals surface area (Å²) < 4.78 is 0. The molecule has 1 atom stereocenters. The fraction of sp³-hybridized carbons (Fsp3) is 1.00. The van der Waals surface area contributed by atoms with E-state index in [1.54, 1.807) is 0 Å². The summed E-state index contributed by atoms with van der Waals surface area (Å²) in [6, 6.07) is 0.781. The van der Waals surface area contributed by atoms with Gasteiger partial charge in [-0.2, -0.15) is 11.8 Å². The molecule has 90 valence electrons. The monoisotopic (exact) mass is 231 g/mol. The SMILES string of the molecule is CSC1CCC(NC(C)C(C)(C)O)CC1. The number of thioether (sulfide) groups is 1. The number of nitrogens with one attached hydrogen (secondary N) is 1. The van der Waals surface area contributed by atoms with Crippen molar-refractivity contribution in [2.24, 2.45) is 0 Å². The van der Waals surface area contributed by atoms with E-state index in [1.807, 2.05) is 25.6 Å². The van der Waals surface area contributed by atoms with Crippen LogP contribution in [0.1, 0.15) is 46.5 Å². The van der Waals surface area contributed by atoms with Crippen LogP contribution in [0, 0.1) is 0 Å². The fourth-order valence-corrected chi connectivity index (χ4v) is 2.77. The van der Waals surface area contributed by atoms with Crippen LogP contribution in [0.4, 0.5) is 0 Å². The predicted molar refractivity (Wildman–Crippen MR) is 68.5 cm³/mol. The second-order valence-electron chi connectivity index (χ2n) is 5.25. The van der Waals surface area contributed by atoms with E-state index in [0.717, 1.165) is 5.25 Å². The molecule has 1 fully saturated rings. The van der Waals surface area contributed by atoms with Crippen molar-refractivity contribution in [2.75, 3.05) is 6.26 Å². The summed E-state index contributed by atoms with van der Waals surface area (Å²) in [5.74, 6) is 0. The summed E-state index contributed by atoms with van der Waals surface area (Å²) >= 11 is 2.00. The van der Waals surface area contributed by atoms with Gasteiger partial charge in [0.15, 0.2) is 0 Å². The van der Waals surface area contributed by atoms with Crippen molar-refractivity contribution in [3.05, 3.63) is 0 Å². The van der Waals surface area contributed by atoms with Gasteiger partial charge in [-0.25, -0.2) is 0 Å². The van der Waals surface area contributed by atoms with Crippen molar-refractivity contribution >= 4 is 11.8 Å². The highest BCUT2D eigenvalue weighted by molar-refractivity contribution is 7.99. The van der Waals surface area contributed by atoms with Gasteiger partial charge in [0, 0.05) is 17.3 Å². The van der Waals surface area contributed by atoms with Gasteiger partial charge < -0.3 is 10.4 Å². The fourth-order valence-electron chi connectivity index (χ4n) is 2.02. The van der Waals surface area contributed by atoms with Crippen LogP contribution < -0.4 is 5.32 Å². The Bertz CT molecular complexity index is 183. The van der Waals surface area contributed by atoms with Gasteiger partial charge in [0.05, 0.1) is 5.60 Å². The smallest absolute Gasteiger partial charge is 0.0741 e. The zero-order valence-electron chi connectivity index (χ0n) is 10.4. The van der Waals surface area contributed by atoms with Crippen LogP contribution >= 0.6 is 11.8 Å². The normalized spacial score (nSPS) is 30.2. The quantitative estimate of drug-likeness (QED) is 0.779. The molecule has 0 aromatic rings. The molecular weight excluding hydrogens is 206 g/mol. The van der Waals surface area contributed by atoms with Crippen molar-refractivity contribution in [3.63, 3.8) is 0 Å². The standard InChI is InChI=1S/C12H25NOS/c1-9(12(2,3)14)13-10-5-7-11(15-4)8-6-10/h9-11,13-14H,5-8H2,1-4H3. The van der Waals surface area contributed by atoms with Crippen molar-refractivity contribution < 1.29 is 5.11 Å². The third kappa shape index (κ3) is 4.33. The molecule has 1 saturated carbocycles. The van der Waals surface area contributed by atoms with Crippen LogP contribution in [0.5, 0.6) is 0 Å². The Labute approximate surface area is 98.2 Å². The van der Waals surface area contributed by atoms with Gasteiger partial charge in [0.25, 0.3) is 0 Å². The zero-order valence-corrected chi connectivity index (χ0v) is 11.2. The topological polar surface area (TPSA) is 32.3 Å². The lowest BCUT2D eigenvalue weighted by Crippen LogP contribution is -2.49. The summed E-state index contributed by atoms with van der Waals surface area (Å²) in [6.07, 6.45) is 7.35. The summed E-state index contributed by atoms with van der Waals surface area (Å²) in [5.41, 5.74) is -0.615. The van der Waals surface area contributed by atoms with E-state index in [2.05, 4.69) is 18.5 Å². The molecule has 0 bridgehead atoms. The predicted octanol–water partition coefficient (Wildman–Crippen LogP) is 2.41. The van der Waals surface area contributed by atoms with Gasteiger partial charge in [0.2, 0.25) is 0 Å². The molecule has 0 saturated heterocycles. The van der Waals surface area contributed by atoms with Crippen LogP contribution in [0.2, 0.25) is 0 Å². The molecule has 15 heavy (non-hydrogen) atoms. The van der Waals surface area contributed by atoms with Crippen LogP contribution in [0.25, 0.3) is 0 Å². The van der Waals surface area contributed by atoms with Crippen molar-refractivity contribution in [1.29, 1.82) is 0 Å². The van der Waals surface area contributed by atoms with E-state index < -0.39 is 5.60 Å². The van der Waals surface area contributed by atoms with Crippen LogP contribution in [-0.4, -0.2) is 34.3 Å². The summed E-state index contributed by atoms with van der Waals surface area (Å²) in [4.78, 5) is 0. The Kier molecular flexibility index (Phi) is 4.94.